The third kappa shape index (κ3) is 4.30. The molecule has 3 nitrogen and oxygen atoms in total. The van der Waals surface area contributed by atoms with Crippen molar-refractivity contribution in [3.05, 3.63) is 59.7 Å². The van der Waals surface area contributed by atoms with Gasteiger partial charge in [0.2, 0.25) is 0 Å². The minimum atomic E-state index is 0.241. The van der Waals surface area contributed by atoms with Gasteiger partial charge < -0.3 is 10.1 Å². The van der Waals surface area contributed by atoms with Gasteiger partial charge in [0.15, 0.2) is 0 Å². The van der Waals surface area contributed by atoms with Gasteiger partial charge in [-0.15, -0.1) is 0 Å². The first-order chi connectivity index (χ1) is 11.6. The molecule has 3 rings (SSSR count). The van der Waals surface area contributed by atoms with Crippen molar-refractivity contribution in [2.24, 2.45) is 0 Å². The molecule has 0 aromatic heterocycles. The monoisotopic (exact) mass is 324 g/mol. The van der Waals surface area contributed by atoms with E-state index in [1.807, 2.05) is 0 Å². The topological polar surface area (TPSA) is 24.5 Å². The Kier molecular flexibility index (Phi) is 5.41. The van der Waals surface area contributed by atoms with E-state index >= 15 is 0 Å². The average molecular weight is 324 g/mol. The van der Waals surface area contributed by atoms with Crippen LogP contribution in [0.3, 0.4) is 0 Å². The fraction of sp³-hybridized carbons (Fsp3) is 0.429. The Morgan fingerprint density at radius 1 is 1.12 bits per heavy atom. The fourth-order valence-corrected chi connectivity index (χ4v) is 3.10. The lowest BCUT2D eigenvalue weighted by molar-refractivity contribution is 0.215. The quantitative estimate of drug-likeness (QED) is 0.856. The molecule has 0 spiro atoms. The van der Waals surface area contributed by atoms with Crippen molar-refractivity contribution < 1.29 is 4.74 Å². The summed E-state index contributed by atoms with van der Waals surface area (Å²) in [6, 6.07) is 17.8. The van der Waals surface area contributed by atoms with E-state index in [1.165, 1.54) is 11.1 Å². The van der Waals surface area contributed by atoms with E-state index in [0.717, 1.165) is 37.5 Å². The van der Waals surface area contributed by atoms with Crippen LogP contribution in [0.15, 0.2) is 48.5 Å². The maximum Gasteiger partial charge on any atom is 0.142 e. The number of benzene rings is 2. The van der Waals surface area contributed by atoms with E-state index in [0.29, 0.717) is 6.04 Å². The maximum atomic E-state index is 5.86. The molecule has 0 fully saturated rings. The lowest BCUT2D eigenvalue weighted by Gasteiger charge is -2.27. The predicted molar refractivity (Wildman–Crippen MR) is 101 cm³/mol. The van der Waals surface area contributed by atoms with Crippen LogP contribution in [0.4, 0.5) is 5.69 Å². The van der Waals surface area contributed by atoms with Crippen molar-refractivity contribution in [3.8, 4) is 5.75 Å². The van der Waals surface area contributed by atoms with E-state index in [9.17, 15) is 0 Å². The summed E-state index contributed by atoms with van der Waals surface area (Å²) in [6.07, 6.45) is 1.29. The summed E-state index contributed by atoms with van der Waals surface area (Å²) in [4.78, 5) is 2.53. The van der Waals surface area contributed by atoms with Crippen molar-refractivity contribution in [2.45, 2.75) is 45.9 Å². The van der Waals surface area contributed by atoms with Gasteiger partial charge in [-0.05, 0) is 50.5 Å². The van der Waals surface area contributed by atoms with Gasteiger partial charge in [-0.2, -0.15) is 0 Å². The molecule has 0 bridgehead atoms. The molecule has 0 saturated carbocycles. The first kappa shape index (κ1) is 16.8. The zero-order chi connectivity index (χ0) is 16.9. The van der Waals surface area contributed by atoms with Crippen LogP contribution in [0.25, 0.3) is 0 Å². The predicted octanol–water partition coefficient (Wildman–Crippen LogP) is 4.33. The molecule has 1 aliphatic rings. The third-order valence-electron chi connectivity index (χ3n) is 4.60. The van der Waals surface area contributed by atoms with Crippen molar-refractivity contribution >= 4 is 5.69 Å². The van der Waals surface area contributed by atoms with E-state index in [2.05, 4.69) is 79.5 Å². The number of anilines is 1. The normalized spacial score (nSPS) is 16.6. The summed E-state index contributed by atoms with van der Waals surface area (Å²) >= 11 is 0. The minimum Gasteiger partial charge on any atom is -0.487 e. The van der Waals surface area contributed by atoms with Gasteiger partial charge in [0, 0.05) is 19.1 Å². The Balaban J connectivity index is 1.62. The second-order valence-corrected chi connectivity index (χ2v) is 6.94. The van der Waals surface area contributed by atoms with E-state index in [-0.39, 0.29) is 6.10 Å². The molecule has 2 aromatic rings. The molecule has 0 saturated heterocycles. The van der Waals surface area contributed by atoms with Gasteiger partial charge in [0.25, 0.3) is 0 Å². The second kappa shape index (κ2) is 7.71. The Bertz CT molecular complexity index is 654. The summed E-state index contributed by atoms with van der Waals surface area (Å²) < 4.78 is 5.86. The van der Waals surface area contributed by atoms with Crippen LogP contribution in [-0.4, -0.2) is 30.1 Å². The van der Waals surface area contributed by atoms with Crippen LogP contribution >= 0.6 is 0 Å². The molecule has 0 amide bonds. The van der Waals surface area contributed by atoms with Gasteiger partial charge in [0.05, 0.1) is 12.2 Å². The van der Waals surface area contributed by atoms with Gasteiger partial charge in [-0.25, -0.2) is 0 Å². The van der Waals surface area contributed by atoms with Crippen molar-refractivity contribution in [2.75, 3.05) is 18.4 Å². The summed E-state index contributed by atoms with van der Waals surface area (Å²) in [7, 11) is 0. The fourth-order valence-electron chi connectivity index (χ4n) is 3.10. The van der Waals surface area contributed by atoms with E-state index in [1.54, 1.807) is 0 Å². The number of nitrogens with zero attached hydrogens (tertiary/aromatic N) is 1. The molecule has 24 heavy (non-hydrogen) atoms. The highest BCUT2D eigenvalue weighted by molar-refractivity contribution is 5.59. The first-order valence-corrected chi connectivity index (χ1v) is 8.93. The first-order valence-electron chi connectivity index (χ1n) is 8.93. The Hall–Kier alpha value is -2.00. The molecule has 1 unspecified atom stereocenters. The maximum absolute atomic E-state index is 5.86. The number of fused-ring (bicyclic) bond motifs is 1. The van der Waals surface area contributed by atoms with Crippen LogP contribution in [0, 0.1) is 0 Å². The molecular weight excluding hydrogens is 296 g/mol. The molecule has 0 radical (unpaired) electrons. The summed E-state index contributed by atoms with van der Waals surface area (Å²) in [5.74, 6) is 0.975. The highest BCUT2D eigenvalue weighted by Gasteiger charge is 2.16. The molecule has 1 atom stereocenters. The molecule has 3 heteroatoms. The summed E-state index contributed by atoms with van der Waals surface area (Å²) in [6.45, 7) is 9.57. The molecule has 1 heterocycles. The standard InChI is InChI=1S/C21H28N2O/c1-16(2)23(15-19-7-5-4-6-8-19)12-11-18-9-10-21-20(13-18)22-14-17(3)24-21/h4-10,13,16-17,22H,11-12,14-15H2,1-3H3. The van der Waals surface area contributed by atoms with Gasteiger partial charge in [0.1, 0.15) is 11.9 Å². The number of hydrogen-bond acceptors (Lipinski definition) is 3. The molecule has 2 aromatic carbocycles. The van der Waals surface area contributed by atoms with Crippen molar-refractivity contribution in [1.29, 1.82) is 0 Å². The van der Waals surface area contributed by atoms with Crippen LogP contribution in [0.2, 0.25) is 0 Å². The Labute approximate surface area is 145 Å². The Morgan fingerprint density at radius 2 is 1.92 bits per heavy atom. The summed E-state index contributed by atoms with van der Waals surface area (Å²) in [5, 5.41) is 3.46. The number of ether oxygens (including phenoxy) is 1. The molecule has 1 N–H and O–H groups in total. The number of hydrogen-bond donors (Lipinski definition) is 1. The van der Waals surface area contributed by atoms with Crippen LogP contribution < -0.4 is 10.1 Å². The third-order valence-corrected chi connectivity index (χ3v) is 4.60. The van der Waals surface area contributed by atoms with Gasteiger partial charge in [-0.3, -0.25) is 4.90 Å². The lowest BCUT2D eigenvalue weighted by atomic mass is 10.1. The number of rotatable bonds is 6. The van der Waals surface area contributed by atoms with Gasteiger partial charge in [-0.1, -0.05) is 36.4 Å². The molecule has 0 aliphatic carbocycles. The SMILES string of the molecule is CC1CNc2cc(CCN(Cc3ccccc3)C(C)C)ccc2O1. The smallest absolute Gasteiger partial charge is 0.142 e. The largest absolute Gasteiger partial charge is 0.487 e. The Morgan fingerprint density at radius 3 is 2.67 bits per heavy atom. The van der Waals surface area contributed by atoms with Crippen LogP contribution in [0.1, 0.15) is 31.9 Å². The van der Waals surface area contributed by atoms with E-state index < -0.39 is 0 Å². The highest BCUT2D eigenvalue weighted by Crippen LogP contribution is 2.30. The molecular formula is C21H28N2O. The lowest BCUT2D eigenvalue weighted by Crippen LogP contribution is -2.32. The van der Waals surface area contributed by atoms with Gasteiger partial charge >= 0.3 is 0 Å². The zero-order valence-corrected chi connectivity index (χ0v) is 15.0. The molecule has 1 aliphatic heterocycles. The molecule has 128 valence electrons. The highest BCUT2D eigenvalue weighted by atomic mass is 16.5. The van der Waals surface area contributed by atoms with Crippen molar-refractivity contribution in [3.63, 3.8) is 0 Å². The van der Waals surface area contributed by atoms with E-state index in [4.69, 9.17) is 4.74 Å². The average Bonchev–Trinajstić information content (AvgIpc) is 2.59. The van der Waals surface area contributed by atoms with Crippen LogP contribution in [-0.2, 0) is 13.0 Å². The van der Waals surface area contributed by atoms with Crippen LogP contribution in [0.5, 0.6) is 5.75 Å². The second-order valence-electron chi connectivity index (χ2n) is 6.94. The zero-order valence-electron chi connectivity index (χ0n) is 15.0. The minimum absolute atomic E-state index is 0.241. The number of nitrogens with one attached hydrogen (secondary N) is 1. The van der Waals surface area contributed by atoms with Crippen molar-refractivity contribution in [1.82, 2.24) is 4.90 Å². The summed E-state index contributed by atoms with van der Waals surface area (Å²) in [5.41, 5.74) is 3.86.